The second kappa shape index (κ2) is 4.65. The standard InChI is InChI=1S/C13H20N2O2/c1-13(2,3)17-12(16)9-6-7-10(14)11(8-9)15(4)5/h6-8H,14H2,1-5H3. The highest BCUT2D eigenvalue weighted by Gasteiger charge is 2.18. The first-order chi connectivity index (χ1) is 7.70. The molecule has 0 bridgehead atoms. The lowest BCUT2D eigenvalue weighted by Gasteiger charge is -2.21. The van der Waals surface area contributed by atoms with Gasteiger partial charge in [0, 0.05) is 14.1 Å². The Morgan fingerprint density at radius 2 is 1.88 bits per heavy atom. The number of carbonyl (C=O) groups excluding carboxylic acids is 1. The van der Waals surface area contributed by atoms with E-state index in [1.165, 1.54) is 0 Å². The van der Waals surface area contributed by atoms with Crippen LogP contribution in [0.5, 0.6) is 0 Å². The third kappa shape index (κ3) is 3.66. The van der Waals surface area contributed by atoms with Crippen LogP contribution in [0.1, 0.15) is 31.1 Å². The molecular formula is C13H20N2O2. The molecule has 0 aliphatic carbocycles. The number of rotatable bonds is 2. The predicted octanol–water partition coefficient (Wildman–Crippen LogP) is 2.29. The van der Waals surface area contributed by atoms with Crippen molar-refractivity contribution >= 4 is 17.3 Å². The predicted molar refractivity (Wildman–Crippen MR) is 70.3 cm³/mol. The van der Waals surface area contributed by atoms with Crippen molar-refractivity contribution in [3.05, 3.63) is 23.8 Å². The van der Waals surface area contributed by atoms with Crippen LogP contribution >= 0.6 is 0 Å². The first-order valence-corrected chi connectivity index (χ1v) is 5.51. The molecular weight excluding hydrogens is 216 g/mol. The molecule has 0 spiro atoms. The van der Waals surface area contributed by atoms with Gasteiger partial charge in [0.25, 0.3) is 0 Å². The highest BCUT2D eigenvalue weighted by atomic mass is 16.6. The van der Waals surface area contributed by atoms with Gasteiger partial charge in [-0.2, -0.15) is 0 Å². The van der Waals surface area contributed by atoms with Crippen LogP contribution in [0.4, 0.5) is 11.4 Å². The van der Waals surface area contributed by atoms with Gasteiger partial charge in [-0.3, -0.25) is 0 Å². The monoisotopic (exact) mass is 236 g/mol. The van der Waals surface area contributed by atoms with Crippen molar-refractivity contribution in [2.45, 2.75) is 26.4 Å². The Kier molecular flexibility index (Phi) is 3.66. The van der Waals surface area contributed by atoms with Crippen molar-refractivity contribution in [2.24, 2.45) is 0 Å². The van der Waals surface area contributed by atoms with Crippen LogP contribution in [0.2, 0.25) is 0 Å². The van der Waals surface area contributed by atoms with Gasteiger partial charge in [0.2, 0.25) is 0 Å². The number of hydrogen-bond acceptors (Lipinski definition) is 4. The summed E-state index contributed by atoms with van der Waals surface area (Å²) in [5, 5.41) is 0. The number of ether oxygens (including phenoxy) is 1. The Morgan fingerprint density at radius 3 is 2.35 bits per heavy atom. The zero-order valence-corrected chi connectivity index (χ0v) is 11.1. The molecule has 0 aliphatic rings. The average molecular weight is 236 g/mol. The Hall–Kier alpha value is -1.71. The van der Waals surface area contributed by atoms with Crippen molar-refractivity contribution < 1.29 is 9.53 Å². The molecule has 0 fully saturated rings. The maximum atomic E-state index is 11.9. The summed E-state index contributed by atoms with van der Waals surface area (Å²) in [6, 6.07) is 5.13. The van der Waals surface area contributed by atoms with Gasteiger partial charge in [0.05, 0.1) is 16.9 Å². The summed E-state index contributed by atoms with van der Waals surface area (Å²) >= 11 is 0. The van der Waals surface area contributed by atoms with Crippen LogP contribution in [0, 0.1) is 0 Å². The molecule has 0 amide bonds. The molecule has 0 unspecified atom stereocenters. The van der Waals surface area contributed by atoms with Crippen LogP contribution in [0.25, 0.3) is 0 Å². The van der Waals surface area contributed by atoms with E-state index in [4.69, 9.17) is 10.5 Å². The molecule has 94 valence electrons. The van der Waals surface area contributed by atoms with E-state index in [2.05, 4.69) is 0 Å². The zero-order valence-electron chi connectivity index (χ0n) is 11.1. The van der Waals surface area contributed by atoms with Gasteiger partial charge in [-0.05, 0) is 39.0 Å². The fourth-order valence-corrected chi connectivity index (χ4v) is 1.39. The summed E-state index contributed by atoms with van der Waals surface area (Å²) in [5.74, 6) is -0.333. The minimum Gasteiger partial charge on any atom is -0.456 e. The summed E-state index contributed by atoms with van der Waals surface area (Å²) < 4.78 is 5.30. The van der Waals surface area contributed by atoms with Gasteiger partial charge < -0.3 is 15.4 Å². The SMILES string of the molecule is CN(C)c1cc(C(=O)OC(C)(C)C)ccc1N. The summed E-state index contributed by atoms with van der Waals surface area (Å²) in [4.78, 5) is 13.7. The number of esters is 1. The minimum absolute atomic E-state index is 0.333. The lowest BCUT2D eigenvalue weighted by molar-refractivity contribution is 0.00696. The molecule has 0 radical (unpaired) electrons. The highest BCUT2D eigenvalue weighted by molar-refractivity contribution is 5.92. The van der Waals surface area contributed by atoms with Crippen molar-refractivity contribution in [3.63, 3.8) is 0 Å². The summed E-state index contributed by atoms with van der Waals surface area (Å²) in [6.45, 7) is 5.53. The van der Waals surface area contributed by atoms with Gasteiger partial charge in [-0.1, -0.05) is 0 Å². The van der Waals surface area contributed by atoms with Crippen molar-refractivity contribution in [3.8, 4) is 0 Å². The second-order valence-electron chi connectivity index (χ2n) is 5.17. The van der Waals surface area contributed by atoms with Gasteiger partial charge in [0.1, 0.15) is 5.60 Å². The van der Waals surface area contributed by atoms with E-state index in [0.717, 1.165) is 5.69 Å². The normalized spacial score (nSPS) is 11.1. The largest absolute Gasteiger partial charge is 0.456 e. The smallest absolute Gasteiger partial charge is 0.338 e. The van der Waals surface area contributed by atoms with Gasteiger partial charge in [-0.25, -0.2) is 4.79 Å². The van der Waals surface area contributed by atoms with E-state index in [1.807, 2.05) is 39.8 Å². The van der Waals surface area contributed by atoms with Crippen LogP contribution in [-0.2, 0) is 4.74 Å². The summed E-state index contributed by atoms with van der Waals surface area (Å²) in [5.41, 5.74) is 7.30. The Labute approximate surface area is 102 Å². The third-order valence-corrected chi connectivity index (χ3v) is 2.15. The molecule has 1 rings (SSSR count). The van der Waals surface area contributed by atoms with E-state index in [-0.39, 0.29) is 5.97 Å². The van der Waals surface area contributed by atoms with Crippen molar-refractivity contribution in [1.29, 1.82) is 0 Å². The molecule has 2 N–H and O–H groups in total. The molecule has 17 heavy (non-hydrogen) atoms. The van der Waals surface area contributed by atoms with Crippen LogP contribution < -0.4 is 10.6 Å². The Morgan fingerprint density at radius 1 is 1.29 bits per heavy atom. The first kappa shape index (κ1) is 13.4. The maximum Gasteiger partial charge on any atom is 0.338 e. The van der Waals surface area contributed by atoms with E-state index < -0.39 is 5.60 Å². The zero-order chi connectivity index (χ0) is 13.2. The molecule has 4 nitrogen and oxygen atoms in total. The van der Waals surface area contributed by atoms with Crippen LogP contribution in [-0.4, -0.2) is 25.7 Å². The maximum absolute atomic E-state index is 11.9. The highest BCUT2D eigenvalue weighted by Crippen LogP contribution is 2.23. The van der Waals surface area contributed by atoms with Crippen molar-refractivity contribution in [1.82, 2.24) is 0 Å². The molecule has 0 atom stereocenters. The molecule has 1 aromatic rings. The molecule has 0 aromatic heterocycles. The number of nitrogens with two attached hydrogens (primary N) is 1. The molecule has 0 saturated carbocycles. The molecule has 0 heterocycles. The lowest BCUT2D eigenvalue weighted by Crippen LogP contribution is -2.24. The fourth-order valence-electron chi connectivity index (χ4n) is 1.39. The van der Waals surface area contributed by atoms with E-state index in [0.29, 0.717) is 11.3 Å². The lowest BCUT2D eigenvalue weighted by atomic mass is 10.1. The summed E-state index contributed by atoms with van der Waals surface area (Å²) in [6.07, 6.45) is 0. The van der Waals surface area contributed by atoms with Crippen LogP contribution in [0.3, 0.4) is 0 Å². The number of carbonyl (C=O) groups is 1. The van der Waals surface area contributed by atoms with Crippen molar-refractivity contribution in [2.75, 3.05) is 24.7 Å². The number of nitrogen functional groups attached to an aromatic ring is 1. The van der Waals surface area contributed by atoms with Gasteiger partial charge in [-0.15, -0.1) is 0 Å². The number of benzene rings is 1. The molecule has 4 heteroatoms. The van der Waals surface area contributed by atoms with E-state index in [9.17, 15) is 4.79 Å². The number of nitrogens with zero attached hydrogens (tertiary/aromatic N) is 1. The fraction of sp³-hybridized carbons (Fsp3) is 0.462. The third-order valence-electron chi connectivity index (χ3n) is 2.15. The molecule has 0 aliphatic heterocycles. The number of hydrogen-bond donors (Lipinski definition) is 1. The quantitative estimate of drug-likeness (QED) is 0.632. The topological polar surface area (TPSA) is 55.6 Å². The Balaban J connectivity index is 3.00. The second-order valence-corrected chi connectivity index (χ2v) is 5.17. The van der Waals surface area contributed by atoms with E-state index >= 15 is 0 Å². The van der Waals surface area contributed by atoms with E-state index in [1.54, 1.807) is 18.2 Å². The van der Waals surface area contributed by atoms with Gasteiger partial charge in [0.15, 0.2) is 0 Å². The minimum atomic E-state index is -0.489. The average Bonchev–Trinajstić information content (AvgIpc) is 2.14. The first-order valence-electron chi connectivity index (χ1n) is 5.51. The molecule has 0 saturated heterocycles. The van der Waals surface area contributed by atoms with Crippen LogP contribution in [0.15, 0.2) is 18.2 Å². The summed E-state index contributed by atoms with van der Waals surface area (Å²) in [7, 11) is 3.76. The van der Waals surface area contributed by atoms with Gasteiger partial charge >= 0.3 is 5.97 Å². The Bertz CT molecular complexity index is 420. The molecule has 1 aromatic carbocycles. The number of anilines is 2.